The summed E-state index contributed by atoms with van der Waals surface area (Å²) in [5, 5.41) is 0. The molecule has 252 valence electrons. The van der Waals surface area contributed by atoms with Crippen LogP contribution in [0.4, 0.5) is 11.4 Å². The van der Waals surface area contributed by atoms with Gasteiger partial charge < -0.3 is 4.90 Å². The second-order valence-electron chi connectivity index (χ2n) is 8.72. The second kappa shape index (κ2) is 35.4. The van der Waals surface area contributed by atoms with Crippen LogP contribution in [0.15, 0.2) is 146 Å². The predicted octanol–water partition coefficient (Wildman–Crippen LogP) is 14.4. The molecule has 0 aromatic heterocycles. The zero-order chi connectivity index (χ0) is 35.4. The summed E-state index contributed by atoms with van der Waals surface area (Å²) in [5.74, 6) is 0. The van der Waals surface area contributed by atoms with Crippen molar-refractivity contribution in [2.45, 2.75) is 95.9 Å². The minimum atomic E-state index is 1.03. The Morgan fingerprint density at radius 1 is 0.370 bits per heavy atom. The van der Waals surface area contributed by atoms with Crippen LogP contribution in [-0.2, 0) is 12.8 Å². The van der Waals surface area contributed by atoms with Gasteiger partial charge in [0.25, 0.3) is 0 Å². The number of nitrogens with zero attached hydrogens (tertiary/aromatic N) is 1. The van der Waals surface area contributed by atoms with E-state index >= 15 is 0 Å². The Morgan fingerprint density at radius 3 is 0.957 bits per heavy atom. The summed E-state index contributed by atoms with van der Waals surface area (Å²) in [4.78, 5) is 2.17. The molecule has 5 aromatic carbocycles. The normalized spacial score (nSPS) is 8.28. The van der Waals surface area contributed by atoms with E-state index in [-0.39, 0.29) is 0 Å². The SMILES string of the molecule is CC.CC.CC.CC.CC.CCc1ccccc1.CN(c1ccccc1)c1ccccc1.Cc1ccc(Cc2ccccc2)cc1. The smallest absolute Gasteiger partial charge is 0.0408 e. The van der Waals surface area contributed by atoms with Crippen molar-refractivity contribution >= 4 is 11.4 Å². The van der Waals surface area contributed by atoms with Crippen LogP contribution in [0.1, 0.15) is 98.4 Å². The predicted molar refractivity (Wildman–Crippen MR) is 214 cm³/mol. The van der Waals surface area contributed by atoms with Crippen molar-refractivity contribution in [2.75, 3.05) is 11.9 Å². The first-order chi connectivity index (χ1) is 22.7. The third kappa shape index (κ3) is 22.4. The molecule has 0 heterocycles. The van der Waals surface area contributed by atoms with Crippen molar-refractivity contribution in [3.05, 3.63) is 168 Å². The van der Waals surface area contributed by atoms with Gasteiger partial charge in [0.1, 0.15) is 0 Å². The van der Waals surface area contributed by atoms with Gasteiger partial charge in [0.05, 0.1) is 0 Å². The number of para-hydroxylation sites is 2. The van der Waals surface area contributed by atoms with E-state index < -0.39 is 0 Å². The van der Waals surface area contributed by atoms with Crippen LogP contribution in [0.5, 0.6) is 0 Å². The molecule has 0 unspecified atom stereocenters. The Balaban J connectivity index is -0.000000543. The third-order valence-electron chi connectivity index (χ3n) is 5.91. The highest BCUT2D eigenvalue weighted by Crippen LogP contribution is 2.22. The number of hydrogen-bond donors (Lipinski definition) is 0. The average Bonchev–Trinajstić information content (AvgIpc) is 3.18. The zero-order valence-electron chi connectivity index (χ0n) is 31.7. The fourth-order valence-corrected chi connectivity index (χ4v) is 3.70. The Kier molecular flexibility index (Phi) is 35.6. The van der Waals surface area contributed by atoms with E-state index in [0.717, 1.165) is 12.8 Å². The summed E-state index contributed by atoms with van der Waals surface area (Å²) in [6.07, 6.45) is 2.17. The summed E-state index contributed by atoms with van der Waals surface area (Å²) in [6.45, 7) is 24.3. The molecule has 0 bridgehead atoms. The van der Waals surface area contributed by atoms with Gasteiger partial charge in [0.2, 0.25) is 0 Å². The molecular weight excluding hydrogens is 555 g/mol. The van der Waals surface area contributed by atoms with Gasteiger partial charge in [-0.1, -0.05) is 203 Å². The largest absolute Gasteiger partial charge is 0.345 e. The molecule has 1 nitrogen and oxygen atoms in total. The quantitative estimate of drug-likeness (QED) is 0.189. The Morgan fingerprint density at radius 2 is 0.652 bits per heavy atom. The molecule has 0 amide bonds. The number of anilines is 2. The lowest BCUT2D eigenvalue weighted by Gasteiger charge is -2.18. The van der Waals surface area contributed by atoms with Crippen LogP contribution in [-0.4, -0.2) is 7.05 Å². The number of hydrogen-bond acceptors (Lipinski definition) is 1. The van der Waals surface area contributed by atoms with Gasteiger partial charge >= 0.3 is 0 Å². The van der Waals surface area contributed by atoms with Crippen molar-refractivity contribution < 1.29 is 0 Å². The standard InChI is InChI=1S/C14H14.C13H13N.C8H10.5C2H6/c1-12-7-9-14(10-8-12)11-13-5-3-2-4-6-13;1-14(12-8-4-2-5-9-12)13-10-6-3-7-11-13;1-2-8-6-4-3-5-7-8;5*1-2/h2-10H,11H2,1H3;2-11H,1H3;3-7H,2H2,1H3;5*1-2H3. The summed E-state index contributed by atoms with van der Waals surface area (Å²) in [5.41, 5.74) is 7.89. The van der Waals surface area contributed by atoms with Gasteiger partial charge in [-0.3, -0.25) is 0 Å². The maximum Gasteiger partial charge on any atom is 0.0408 e. The van der Waals surface area contributed by atoms with Crippen LogP contribution >= 0.6 is 0 Å². The Labute approximate surface area is 286 Å². The highest BCUT2D eigenvalue weighted by molar-refractivity contribution is 5.61. The van der Waals surface area contributed by atoms with E-state index in [0.29, 0.717) is 0 Å². The lowest BCUT2D eigenvalue weighted by molar-refractivity contribution is 1.14. The molecule has 5 aromatic rings. The molecule has 0 atom stereocenters. The summed E-state index contributed by atoms with van der Waals surface area (Å²) in [6, 6.07) is 50.4. The fraction of sp³-hybridized carbons (Fsp3) is 0.333. The minimum Gasteiger partial charge on any atom is -0.345 e. The monoisotopic (exact) mass is 622 g/mol. The lowest BCUT2D eigenvalue weighted by Crippen LogP contribution is -2.08. The highest BCUT2D eigenvalue weighted by Gasteiger charge is 2.00. The molecule has 0 saturated heterocycles. The van der Waals surface area contributed by atoms with Crippen molar-refractivity contribution in [2.24, 2.45) is 0 Å². The topological polar surface area (TPSA) is 3.24 Å². The Bertz CT molecular complexity index is 1180. The first-order valence-electron chi connectivity index (χ1n) is 17.6. The summed E-state index contributed by atoms with van der Waals surface area (Å²) >= 11 is 0. The van der Waals surface area contributed by atoms with Gasteiger partial charge in [-0.05, 0) is 60.7 Å². The van der Waals surface area contributed by atoms with Crippen LogP contribution < -0.4 is 4.90 Å². The maximum atomic E-state index is 2.20. The van der Waals surface area contributed by atoms with Crippen LogP contribution in [0.2, 0.25) is 0 Å². The highest BCUT2D eigenvalue weighted by atomic mass is 15.1. The van der Waals surface area contributed by atoms with E-state index in [1.807, 2.05) is 87.4 Å². The van der Waals surface area contributed by atoms with E-state index in [4.69, 9.17) is 0 Å². The van der Waals surface area contributed by atoms with Gasteiger partial charge in [-0.15, -0.1) is 0 Å². The molecular formula is C45H67N. The number of benzene rings is 5. The van der Waals surface area contributed by atoms with Crippen LogP contribution in [0.3, 0.4) is 0 Å². The minimum absolute atomic E-state index is 1.03. The molecule has 0 aliphatic carbocycles. The van der Waals surface area contributed by atoms with E-state index in [2.05, 4.69) is 153 Å². The van der Waals surface area contributed by atoms with E-state index in [1.165, 1.54) is 33.6 Å². The molecule has 0 aliphatic rings. The molecule has 0 radical (unpaired) electrons. The summed E-state index contributed by atoms with van der Waals surface area (Å²) in [7, 11) is 2.07. The zero-order valence-corrected chi connectivity index (χ0v) is 31.7. The second-order valence-corrected chi connectivity index (χ2v) is 8.72. The van der Waals surface area contributed by atoms with Crippen molar-refractivity contribution in [1.29, 1.82) is 0 Å². The molecule has 0 fully saturated rings. The molecule has 0 saturated carbocycles. The first-order valence-corrected chi connectivity index (χ1v) is 17.6. The average molecular weight is 622 g/mol. The van der Waals surface area contributed by atoms with Crippen LogP contribution in [0, 0.1) is 6.92 Å². The summed E-state index contributed by atoms with van der Waals surface area (Å²) < 4.78 is 0. The van der Waals surface area contributed by atoms with Gasteiger partial charge in [0, 0.05) is 18.4 Å². The third-order valence-corrected chi connectivity index (χ3v) is 5.91. The molecule has 0 aliphatic heterocycles. The number of aryl methyl sites for hydroxylation is 2. The van der Waals surface area contributed by atoms with Gasteiger partial charge in [-0.25, -0.2) is 0 Å². The van der Waals surface area contributed by atoms with Crippen molar-refractivity contribution in [3.63, 3.8) is 0 Å². The van der Waals surface area contributed by atoms with Gasteiger partial charge in [0.15, 0.2) is 0 Å². The van der Waals surface area contributed by atoms with E-state index in [1.54, 1.807) is 0 Å². The molecule has 46 heavy (non-hydrogen) atoms. The molecule has 1 heteroatoms. The van der Waals surface area contributed by atoms with Crippen LogP contribution in [0.25, 0.3) is 0 Å². The fourth-order valence-electron chi connectivity index (χ4n) is 3.70. The number of rotatable bonds is 5. The first kappa shape index (κ1) is 46.3. The lowest BCUT2D eigenvalue weighted by atomic mass is 10.0. The maximum absolute atomic E-state index is 2.20. The van der Waals surface area contributed by atoms with Crippen molar-refractivity contribution in [1.82, 2.24) is 0 Å². The molecule has 0 N–H and O–H groups in total. The Hall–Kier alpha value is -4.10. The van der Waals surface area contributed by atoms with E-state index in [9.17, 15) is 0 Å². The van der Waals surface area contributed by atoms with Crippen molar-refractivity contribution in [3.8, 4) is 0 Å². The molecule has 0 spiro atoms. The van der Waals surface area contributed by atoms with Gasteiger partial charge in [-0.2, -0.15) is 0 Å². The molecule has 5 rings (SSSR count).